The summed E-state index contributed by atoms with van der Waals surface area (Å²) in [5, 5.41) is 3.66. The van der Waals surface area contributed by atoms with Crippen LogP contribution in [0.4, 0.5) is 5.69 Å². The Hall–Kier alpha value is -3.53. The molecule has 2 heterocycles. The third-order valence-electron chi connectivity index (χ3n) is 4.96. The van der Waals surface area contributed by atoms with Crippen molar-refractivity contribution >= 4 is 17.2 Å². The third kappa shape index (κ3) is 3.87. The van der Waals surface area contributed by atoms with Gasteiger partial charge in [0.15, 0.2) is 0 Å². The minimum absolute atomic E-state index is 0.129. The number of hydrogen-bond donors (Lipinski definition) is 1. The molecule has 0 aliphatic heterocycles. The van der Waals surface area contributed by atoms with Crippen molar-refractivity contribution in [1.29, 1.82) is 0 Å². The van der Waals surface area contributed by atoms with Crippen molar-refractivity contribution in [3.8, 4) is 0 Å². The van der Waals surface area contributed by atoms with Gasteiger partial charge in [-0.3, -0.25) is 0 Å². The zero-order valence-electron chi connectivity index (χ0n) is 16.6. The molecule has 2 aromatic heterocycles. The topological polar surface area (TPSA) is 42.7 Å². The van der Waals surface area contributed by atoms with E-state index in [0.29, 0.717) is 12.2 Å². The molecule has 4 heteroatoms. The summed E-state index contributed by atoms with van der Waals surface area (Å²) in [5.41, 5.74) is 5.74. The van der Waals surface area contributed by atoms with E-state index < -0.39 is 0 Å². The van der Waals surface area contributed by atoms with Gasteiger partial charge in [0.05, 0.1) is 29.4 Å². The minimum atomic E-state index is -0.301. The molecule has 1 N–H and O–H groups in total. The molecule has 0 amide bonds. The maximum atomic E-state index is 12.6. The van der Waals surface area contributed by atoms with Crippen LogP contribution in [-0.2, 0) is 4.74 Å². The summed E-state index contributed by atoms with van der Waals surface area (Å²) < 4.78 is 7.36. The van der Waals surface area contributed by atoms with Crippen molar-refractivity contribution in [2.24, 2.45) is 0 Å². The SMILES string of the molecule is CCOC(=O)c1cc([C@@H](Nc2cccc(C)c2)c2ccccc2)n2ccccc12. The van der Waals surface area contributed by atoms with E-state index in [-0.39, 0.29) is 12.0 Å². The first-order chi connectivity index (χ1) is 14.2. The van der Waals surface area contributed by atoms with Gasteiger partial charge in [0.2, 0.25) is 0 Å². The number of nitrogens with zero attached hydrogens (tertiary/aromatic N) is 1. The van der Waals surface area contributed by atoms with Gasteiger partial charge in [-0.2, -0.15) is 0 Å². The highest BCUT2D eigenvalue weighted by atomic mass is 16.5. The van der Waals surface area contributed by atoms with Crippen molar-refractivity contribution in [1.82, 2.24) is 4.40 Å². The summed E-state index contributed by atoms with van der Waals surface area (Å²) in [7, 11) is 0. The van der Waals surface area contributed by atoms with Crippen LogP contribution < -0.4 is 5.32 Å². The van der Waals surface area contributed by atoms with Crippen molar-refractivity contribution in [2.45, 2.75) is 19.9 Å². The van der Waals surface area contributed by atoms with Gasteiger partial charge in [-0.25, -0.2) is 4.79 Å². The van der Waals surface area contributed by atoms with E-state index in [1.54, 1.807) is 0 Å². The van der Waals surface area contributed by atoms with Crippen LogP contribution >= 0.6 is 0 Å². The van der Waals surface area contributed by atoms with Crippen LogP contribution in [0.25, 0.3) is 5.52 Å². The molecule has 0 unspecified atom stereocenters. The number of rotatable bonds is 6. The summed E-state index contributed by atoms with van der Waals surface area (Å²) in [6.07, 6.45) is 1.99. The van der Waals surface area contributed by atoms with E-state index in [1.165, 1.54) is 5.56 Å². The van der Waals surface area contributed by atoms with E-state index in [2.05, 4.69) is 47.0 Å². The summed E-state index contributed by atoms with van der Waals surface area (Å²) >= 11 is 0. The number of carbonyl (C=O) groups excluding carboxylic acids is 1. The first-order valence-corrected chi connectivity index (χ1v) is 9.82. The molecule has 0 radical (unpaired) electrons. The summed E-state index contributed by atoms with van der Waals surface area (Å²) in [6, 6.07) is 26.2. The molecule has 0 saturated heterocycles. The van der Waals surface area contributed by atoms with E-state index in [0.717, 1.165) is 22.5 Å². The van der Waals surface area contributed by atoms with Gasteiger partial charge in [0.1, 0.15) is 0 Å². The number of anilines is 1. The first kappa shape index (κ1) is 18.8. The molecule has 0 fully saturated rings. The molecule has 4 nitrogen and oxygen atoms in total. The third-order valence-corrected chi connectivity index (χ3v) is 4.96. The number of fused-ring (bicyclic) bond motifs is 1. The maximum absolute atomic E-state index is 12.6. The number of nitrogens with one attached hydrogen (secondary N) is 1. The van der Waals surface area contributed by atoms with Gasteiger partial charge < -0.3 is 14.5 Å². The molecule has 1 atom stereocenters. The summed E-state index contributed by atoms with van der Waals surface area (Å²) in [5.74, 6) is -0.301. The molecule has 0 spiro atoms. The van der Waals surface area contributed by atoms with E-state index in [1.807, 2.05) is 61.7 Å². The van der Waals surface area contributed by atoms with Crippen LogP contribution in [-0.4, -0.2) is 17.0 Å². The van der Waals surface area contributed by atoms with Crippen LogP contribution in [0.1, 0.15) is 40.1 Å². The Kier molecular flexibility index (Phi) is 5.34. The Morgan fingerprint density at radius 2 is 1.79 bits per heavy atom. The molecule has 0 aliphatic carbocycles. The second kappa shape index (κ2) is 8.23. The number of esters is 1. The van der Waals surface area contributed by atoms with Crippen molar-refractivity contribution in [3.63, 3.8) is 0 Å². The summed E-state index contributed by atoms with van der Waals surface area (Å²) in [4.78, 5) is 12.6. The van der Waals surface area contributed by atoms with Gasteiger partial charge in [-0.1, -0.05) is 48.5 Å². The molecular weight excluding hydrogens is 360 g/mol. The van der Waals surface area contributed by atoms with Crippen molar-refractivity contribution in [3.05, 3.63) is 107 Å². The smallest absolute Gasteiger partial charge is 0.340 e. The quantitative estimate of drug-likeness (QED) is 0.438. The monoisotopic (exact) mass is 384 g/mol. The zero-order valence-corrected chi connectivity index (χ0v) is 16.6. The van der Waals surface area contributed by atoms with Crippen LogP contribution in [0.15, 0.2) is 85.1 Å². The molecule has 0 saturated carbocycles. The molecule has 0 aliphatic rings. The second-order valence-corrected chi connectivity index (χ2v) is 7.02. The standard InChI is InChI=1S/C25H24N2O2/c1-3-29-25(28)21-17-23(27-15-8-7-14-22(21)27)24(19-11-5-4-6-12-19)26-20-13-9-10-18(2)16-20/h4-17,24,26H,3H2,1-2H3/t24-/m0/s1. The Balaban J connectivity index is 1.86. The van der Waals surface area contributed by atoms with Crippen molar-refractivity contribution in [2.75, 3.05) is 11.9 Å². The number of aromatic nitrogens is 1. The molecule has 29 heavy (non-hydrogen) atoms. The highest BCUT2D eigenvalue weighted by Gasteiger charge is 2.23. The van der Waals surface area contributed by atoms with Crippen LogP contribution in [0, 0.1) is 6.92 Å². The summed E-state index contributed by atoms with van der Waals surface area (Å²) in [6.45, 7) is 4.25. The Bertz CT molecular complexity index is 1130. The fourth-order valence-electron chi connectivity index (χ4n) is 3.65. The first-order valence-electron chi connectivity index (χ1n) is 9.82. The highest BCUT2D eigenvalue weighted by molar-refractivity contribution is 5.97. The lowest BCUT2D eigenvalue weighted by Gasteiger charge is -2.21. The average molecular weight is 384 g/mol. The van der Waals surface area contributed by atoms with Crippen LogP contribution in [0.3, 0.4) is 0 Å². The Morgan fingerprint density at radius 1 is 1.00 bits per heavy atom. The van der Waals surface area contributed by atoms with E-state index in [9.17, 15) is 4.79 Å². The largest absolute Gasteiger partial charge is 0.462 e. The molecule has 4 aromatic rings. The molecule has 4 rings (SSSR count). The molecule has 2 aromatic carbocycles. The normalized spacial score (nSPS) is 11.9. The Labute approximate surface area is 170 Å². The van der Waals surface area contributed by atoms with Crippen LogP contribution in [0.2, 0.25) is 0 Å². The Morgan fingerprint density at radius 3 is 2.55 bits per heavy atom. The van der Waals surface area contributed by atoms with Gasteiger partial charge >= 0.3 is 5.97 Å². The number of ether oxygens (including phenoxy) is 1. The fraction of sp³-hybridized carbons (Fsp3) is 0.160. The van der Waals surface area contributed by atoms with Gasteiger partial charge in [0.25, 0.3) is 0 Å². The van der Waals surface area contributed by atoms with Gasteiger partial charge in [-0.05, 0) is 55.3 Å². The lowest BCUT2D eigenvalue weighted by atomic mass is 10.0. The molecule has 146 valence electrons. The van der Waals surface area contributed by atoms with Gasteiger partial charge in [-0.15, -0.1) is 0 Å². The number of aryl methyl sites for hydroxylation is 1. The second-order valence-electron chi connectivity index (χ2n) is 7.02. The molecule has 0 bridgehead atoms. The minimum Gasteiger partial charge on any atom is -0.462 e. The average Bonchev–Trinajstić information content (AvgIpc) is 3.13. The van der Waals surface area contributed by atoms with E-state index >= 15 is 0 Å². The van der Waals surface area contributed by atoms with Gasteiger partial charge in [0, 0.05) is 11.9 Å². The molecular formula is C25H24N2O2. The number of hydrogen-bond acceptors (Lipinski definition) is 3. The lowest BCUT2D eigenvalue weighted by molar-refractivity contribution is 0.0529. The zero-order chi connectivity index (χ0) is 20.2. The number of carbonyl (C=O) groups is 1. The lowest BCUT2D eigenvalue weighted by Crippen LogP contribution is -2.14. The van der Waals surface area contributed by atoms with E-state index in [4.69, 9.17) is 4.74 Å². The number of benzene rings is 2. The predicted octanol–water partition coefficient (Wildman–Crippen LogP) is 5.63. The van der Waals surface area contributed by atoms with Crippen molar-refractivity contribution < 1.29 is 9.53 Å². The maximum Gasteiger partial charge on any atom is 0.340 e. The predicted molar refractivity (Wildman–Crippen MR) is 116 cm³/mol. The van der Waals surface area contributed by atoms with Crippen LogP contribution in [0.5, 0.6) is 0 Å². The highest BCUT2D eigenvalue weighted by Crippen LogP contribution is 2.31. The number of pyridine rings is 1. The fourth-order valence-corrected chi connectivity index (χ4v) is 3.65.